The van der Waals surface area contributed by atoms with E-state index in [1.54, 1.807) is 6.08 Å². The third-order valence-corrected chi connectivity index (χ3v) is 16.7. The van der Waals surface area contributed by atoms with Gasteiger partial charge >= 0.3 is 7.82 Å². The number of phosphoric ester groups is 1. The largest absolute Gasteiger partial charge is 0.472 e. The zero-order valence-electron chi connectivity index (χ0n) is 53.8. The molecule has 0 fully saturated rings. The highest BCUT2D eigenvalue weighted by molar-refractivity contribution is 7.47. The van der Waals surface area contributed by atoms with Crippen LogP contribution in [0.1, 0.15) is 335 Å². The molecule has 0 aromatic heterocycles. The maximum Gasteiger partial charge on any atom is 0.472 e. The average Bonchev–Trinajstić information content (AvgIpc) is 3.42. The van der Waals surface area contributed by atoms with E-state index in [0.29, 0.717) is 17.4 Å². The van der Waals surface area contributed by atoms with Gasteiger partial charge in [-0.15, -0.1) is 0 Å². The molecule has 0 spiro atoms. The summed E-state index contributed by atoms with van der Waals surface area (Å²) in [5.41, 5.74) is 0. The van der Waals surface area contributed by atoms with Gasteiger partial charge in [-0.1, -0.05) is 312 Å². The number of hydrogen-bond donors (Lipinski definition) is 3. The molecule has 0 heterocycles. The maximum absolute atomic E-state index is 13.0. The number of carbonyl (C=O) groups is 1. The van der Waals surface area contributed by atoms with Crippen LogP contribution in [-0.2, 0) is 18.4 Å². The molecule has 0 rings (SSSR count). The standard InChI is InChI=1S/C71H135N2O6P/c1-6-8-10-12-14-16-18-20-22-24-26-28-30-32-33-34-35-36-37-38-39-41-43-45-47-49-51-53-55-57-59-61-63-65-71(75)72-69(68-79-80(76,77)78-67-66-73(3,4)5)70(74)64-62-60-58-56-54-52-50-48-46-44-42-40-31-29-27-25-23-21-19-17-15-13-11-9-7-2/h18,20,24,26,46,48,54,56,62,64,69-70,74H,6-17,19,21-23,25,27-45,47,49-53,55,57-61,63,65-68H2,1-5H3,(H-,72,75,76,77)/p+1/b20-18-,26-24-,48-46+,56-54+,64-62+. The number of aliphatic hydroxyl groups excluding tert-OH is 1. The molecule has 80 heavy (non-hydrogen) atoms. The van der Waals surface area contributed by atoms with E-state index in [1.807, 2.05) is 27.2 Å². The van der Waals surface area contributed by atoms with E-state index in [9.17, 15) is 19.4 Å². The summed E-state index contributed by atoms with van der Waals surface area (Å²) in [4.78, 5) is 23.4. The summed E-state index contributed by atoms with van der Waals surface area (Å²) in [6.07, 6.45) is 85.2. The van der Waals surface area contributed by atoms with E-state index < -0.39 is 20.0 Å². The minimum Gasteiger partial charge on any atom is -0.387 e. The van der Waals surface area contributed by atoms with Crippen molar-refractivity contribution >= 4 is 13.7 Å². The molecule has 3 N–H and O–H groups in total. The van der Waals surface area contributed by atoms with Crippen LogP contribution in [0.25, 0.3) is 0 Å². The van der Waals surface area contributed by atoms with Crippen LogP contribution in [0.3, 0.4) is 0 Å². The van der Waals surface area contributed by atoms with E-state index >= 15 is 0 Å². The van der Waals surface area contributed by atoms with E-state index in [-0.39, 0.29) is 19.1 Å². The number of hydrogen-bond acceptors (Lipinski definition) is 5. The van der Waals surface area contributed by atoms with Crippen LogP contribution in [0.4, 0.5) is 0 Å². The molecule has 0 aliphatic rings. The number of carbonyl (C=O) groups excluding carboxylic acids is 1. The SMILES string of the molecule is CCCCCCC/C=C\C/C=C\CCCCCCCCCCCCCCCCCCCCCCCC(=O)NC(COP(=O)(O)OCC[N+](C)(C)C)C(O)/C=C/CC/C=C/CC/C=C/CCCCCCCCCCCCCCCCC. The first-order chi connectivity index (χ1) is 39.0. The molecule has 0 aliphatic heterocycles. The lowest BCUT2D eigenvalue weighted by Crippen LogP contribution is -2.45. The molecule has 3 atom stereocenters. The predicted molar refractivity (Wildman–Crippen MR) is 350 cm³/mol. The summed E-state index contributed by atoms with van der Waals surface area (Å²) in [7, 11) is 1.56. The van der Waals surface area contributed by atoms with Gasteiger partial charge in [0.15, 0.2) is 0 Å². The molecule has 3 unspecified atom stereocenters. The number of nitrogens with one attached hydrogen (secondary N) is 1. The van der Waals surface area contributed by atoms with E-state index in [4.69, 9.17) is 9.05 Å². The normalized spacial score (nSPS) is 14.0. The number of likely N-dealkylation sites (N-methyl/N-ethyl adjacent to an activating group) is 1. The van der Waals surface area contributed by atoms with Crippen LogP contribution in [0, 0.1) is 0 Å². The van der Waals surface area contributed by atoms with Gasteiger partial charge in [0.2, 0.25) is 5.91 Å². The molecule has 0 saturated carbocycles. The lowest BCUT2D eigenvalue weighted by molar-refractivity contribution is -0.870. The molecule has 0 aromatic rings. The number of phosphoric acid groups is 1. The van der Waals surface area contributed by atoms with Crippen molar-refractivity contribution in [2.45, 2.75) is 347 Å². The lowest BCUT2D eigenvalue weighted by Gasteiger charge is -2.25. The van der Waals surface area contributed by atoms with Crippen LogP contribution >= 0.6 is 7.82 Å². The van der Waals surface area contributed by atoms with Crippen molar-refractivity contribution < 1.29 is 32.9 Å². The molecule has 0 aromatic carbocycles. The first kappa shape index (κ1) is 78.2. The highest BCUT2D eigenvalue weighted by Crippen LogP contribution is 2.43. The second-order valence-electron chi connectivity index (χ2n) is 24.9. The fraction of sp³-hybridized carbons (Fsp3) is 0.845. The van der Waals surface area contributed by atoms with Crippen LogP contribution in [0.15, 0.2) is 60.8 Å². The Morgan fingerprint density at radius 1 is 0.425 bits per heavy atom. The third kappa shape index (κ3) is 63.8. The Labute approximate surface area is 498 Å². The van der Waals surface area contributed by atoms with E-state index in [0.717, 1.165) is 51.4 Å². The minimum absolute atomic E-state index is 0.0537. The number of quaternary nitrogens is 1. The monoisotopic (exact) mass is 1140 g/mol. The molecule has 8 nitrogen and oxygen atoms in total. The number of nitrogens with zero attached hydrogens (tertiary/aromatic N) is 1. The lowest BCUT2D eigenvalue weighted by atomic mass is 10.0. The Morgan fingerprint density at radius 2 is 0.725 bits per heavy atom. The molecule has 470 valence electrons. The first-order valence-electron chi connectivity index (χ1n) is 34.7. The molecular weight excluding hydrogens is 1010 g/mol. The number of unbranched alkanes of at least 4 members (excludes halogenated alkanes) is 43. The first-order valence-corrected chi connectivity index (χ1v) is 36.2. The van der Waals surface area contributed by atoms with Gasteiger partial charge in [0.1, 0.15) is 13.2 Å². The van der Waals surface area contributed by atoms with Crippen molar-refractivity contribution in [3.05, 3.63) is 60.8 Å². The molecule has 1 amide bonds. The number of allylic oxidation sites excluding steroid dienone is 9. The second kappa shape index (κ2) is 61.8. The van der Waals surface area contributed by atoms with Crippen LogP contribution < -0.4 is 5.32 Å². The molecule has 0 bridgehead atoms. The van der Waals surface area contributed by atoms with Gasteiger partial charge in [0.25, 0.3) is 0 Å². The van der Waals surface area contributed by atoms with Crippen molar-refractivity contribution in [1.29, 1.82) is 0 Å². The number of amides is 1. The summed E-state index contributed by atoms with van der Waals surface area (Å²) in [5.74, 6) is -0.186. The van der Waals surface area contributed by atoms with Crippen molar-refractivity contribution in [2.24, 2.45) is 0 Å². The van der Waals surface area contributed by atoms with Crippen molar-refractivity contribution in [3.8, 4) is 0 Å². The van der Waals surface area contributed by atoms with Crippen LogP contribution in [-0.4, -0.2) is 73.4 Å². The van der Waals surface area contributed by atoms with Crippen molar-refractivity contribution in [3.63, 3.8) is 0 Å². The van der Waals surface area contributed by atoms with Gasteiger partial charge in [-0.3, -0.25) is 13.8 Å². The summed E-state index contributed by atoms with van der Waals surface area (Å²) < 4.78 is 23.8. The summed E-state index contributed by atoms with van der Waals surface area (Å²) >= 11 is 0. The molecule has 0 saturated heterocycles. The molecule has 0 aliphatic carbocycles. The minimum atomic E-state index is -4.37. The highest BCUT2D eigenvalue weighted by Gasteiger charge is 2.28. The summed E-state index contributed by atoms with van der Waals surface area (Å²) in [6.45, 7) is 4.82. The Kier molecular flexibility index (Phi) is 60.4. The average molecular weight is 1140 g/mol. The topological polar surface area (TPSA) is 105 Å². The van der Waals surface area contributed by atoms with Gasteiger partial charge < -0.3 is 19.8 Å². The Morgan fingerprint density at radius 3 is 1.07 bits per heavy atom. The highest BCUT2D eigenvalue weighted by atomic mass is 31.2. The molecular formula is C71H136N2O6P+. The summed E-state index contributed by atoms with van der Waals surface area (Å²) in [5, 5.41) is 14.0. The predicted octanol–water partition coefficient (Wildman–Crippen LogP) is 22.0. The van der Waals surface area contributed by atoms with Crippen molar-refractivity contribution in [1.82, 2.24) is 5.32 Å². The second-order valence-corrected chi connectivity index (χ2v) is 26.3. The zero-order valence-corrected chi connectivity index (χ0v) is 54.7. The van der Waals surface area contributed by atoms with Crippen LogP contribution in [0.5, 0.6) is 0 Å². The number of aliphatic hydroxyl groups is 1. The van der Waals surface area contributed by atoms with Gasteiger partial charge in [0.05, 0.1) is 39.9 Å². The third-order valence-electron chi connectivity index (χ3n) is 15.7. The summed E-state index contributed by atoms with van der Waals surface area (Å²) in [6, 6.07) is -0.872. The van der Waals surface area contributed by atoms with Gasteiger partial charge in [-0.05, 0) is 77.0 Å². The van der Waals surface area contributed by atoms with Gasteiger partial charge in [0, 0.05) is 6.42 Å². The van der Waals surface area contributed by atoms with Gasteiger partial charge in [-0.2, -0.15) is 0 Å². The fourth-order valence-corrected chi connectivity index (χ4v) is 11.0. The maximum atomic E-state index is 13.0. The quantitative estimate of drug-likeness (QED) is 0.0243. The fourth-order valence-electron chi connectivity index (χ4n) is 10.3. The Hall–Kier alpha value is -1.80. The van der Waals surface area contributed by atoms with Gasteiger partial charge in [-0.25, -0.2) is 4.57 Å². The van der Waals surface area contributed by atoms with Crippen molar-refractivity contribution in [2.75, 3.05) is 40.9 Å². The van der Waals surface area contributed by atoms with E-state index in [1.165, 1.54) is 263 Å². The number of rotatable bonds is 64. The Balaban J connectivity index is 4.09. The molecule has 9 heteroatoms. The Bertz CT molecular complexity index is 1490. The smallest absolute Gasteiger partial charge is 0.387 e. The molecule has 0 radical (unpaired) electrons. The zero-order chi connectivity index (χ0) is 58.4. The van der Waals surface area contributed by atoms with Crippen LogP contribution in [0.2, 0.25) is 0 Å². The van der Waals surface area contributed by atoms with E-state index in [2.05, 4.69) is 67.8 Å².